The summed E-state index contributed by atoms with van der Waals surface area (Å²) < 4.78 is 1.16. The van der Waals surface area contributed by atoms with Gasteiger partial charge in [-0.2, -0.15) is 0 Å². The van der Waals surface area contributed by atoms with Crippen LogP contribution in [0.1, 0.15) is 37.3 Å². The van der Waals surface area contributed by atoms with E-state index in [9.17, 15) is 9.90 Å². The van der Waals surface area contributed by atoms with Crippen molar-refractivity contribution in [3.8, 4) is 0 Å². The van der Waals surface area contributed by atoms with Gasteiger partial charge >= 0.3 is 5.97 Å². The summed E-state index contributed by atoms with van der Waals surface area (Å²) in [5.74, 6) is -0.638. The van der Waals surface area contributed by atoms with Gasteiger partial charge in [0.25, 0.3) is 0 Å². The van der Waals surface area contributed by atoms with Gasteiger partial charge in [0, 0.05) is 10.5 Å². The minimum Gasteiger partial charge on any atom is -0.481 e. The number of benzene rings is 1. The highest BCUT2D eigenvalue weighted by Crippen LogP contribution is 2.34. The summed E-state index contributed by atoms with van der Waals surface area (Å²) in [6, 6.07) is 7.18. The molecule has 1 N–H and O–H groups in total. The Bertz CT molecular complexity index is 550. The number of halogens is 1. The molecule has 1 heterocycles. The van der Waals surface area contributed by atoms with Crippen LogP contribution in [-0.2, 0) is 17.6 Å². The number of hydrogen-bond donors (Lipinski definition) is 1. The quantitative estimate of drug-likeness (QED) is 0.886. The highest BCUT2D eigenvalue weighted by molar-refractivity contribution is 9.10. The minimum absolute atomic E-state index is 0.520. The molecule has 1 aliphatic heterocycles. The molecule has 1 unspecified atom stereocenters. The second-order valence-corrected chi connectivity index (χ2v) is 7.63. The molecule has 21 heavy (non-hydrogen) atoms. The molecule has 0 amide bonds. The van der Waals surface area contributed by atoms with Crippen LogP contribution in [0.3, 0.4) is 0 Å². The van der Waals surface area contributed by atoms with Gasteiger partial charge in [-0.05, 0) is 75.4 Å². The van der Waals surface area contributed by atoms with Crippen molar-refractivity contribution >= 4 is 21.9 Å². The van der Waals surface area contributed by atoms with Crippen molar-refractivity contribution in [1.82, 2.24) is 4.90 Å². The fourth-order valence-electron chi connectivity index (χ4n) is 3.61. The van der Waals surface area contributed by atoms with Gasteiger partial charge in [0.1, 0.15) is 0 Å². The van der Waals surface area contributed by atoms with Crippen LogP contribution in [0.15, 0.2) is 22.7 Å². The summed E-state index contributed by atoms with van der Waals surface area (Å²) in [5, 5.41) is 9.33. The lowest BCUT2D eigenvalue weighted by atomic mass is 9.79. The molecule has 3 nitrogen and oxygen atoms in total. The average Bonchev–Trinajstić information content (AvgIpc) is 2.47. The average molecular weight is 352 g/mol. The third kappa shape index (κ3) is 3.02. The molecule has 1 atom stereocenters. The molecule has 0 bridgehead atoms. The van der Waals surface area contributed by atoms with Crippen LogP contribution in [0.5, 0.6) is 0 Å². The van der Waals surface area contributed by atoms with E-state index in [-0.39, 0.29) is 0 Å². The van der Waals surface area contributed by atoms with Crippen LogP contribution in [0.25, 0.3) is 0 Å². The molecule has 1 aromatic carbocycles. The summed E-state index contributed by atoms with van der Waals surface area (Å²) in [5.41, 5.74) is 2.41. The van der Waals surface area contributed by atoms with Crippen molar-refractivity contribution in [2.45, 2.75) is 45.1 Å². The maximum Gasteiger partial charge on any atom is 0.309 e. The number of fused-ring (bicyclic) bond motifs is 1. The van der Waals surface area contributed by atoms with E-state index in [1.165, 1.54) is 17.5 Å². The van der Waals surface area contributed by atoms with Gasteiger partial charge in [-0.25, -0.2) is 0 Å². The smallest absolute Gasteiger partial charge is 0.309 e. The molecule has 4 heteroatoms. The molecular formula is C17H22BrNO2. The summed E-state index contributed by atoms with van der Waals surface area (Å²) in [6.45, 7) is 3.72. The Morgan fingerprint density at radius 3 is 2.71 bits per heavy atom. The predicted octanol–water partition coefficient (Wildman–Crippen LogP) is 3.49. The highest BCUT2D eigenvalue weighted by atomic mass is 79.9. The Morgan fingerprint density at radius 1 is 1.33 bits per heavy atom. The molecule has 3 rings (SSSR count). The maximum absolute atomic E-state index is 11.3. The number of aryl methyl sites for hydroxylation is 1. The van der Waals surface area contributed by atoms with E-state index < -0.39 is 11.4 Å². The Balaban J connectivity index is 1.65. The van der Waals surface area contributed by atoms with Crippen LogP contribution in [-0.4, -0.2) is 35.1 Å². The van der Waals surface area contributed by atoms with Crippen molar-refractivity contribution in [2.75, 3.05) is 13.1 Å². The number of aliphatic carboxylic acids is 1. The second kappa shape index (κ2) is 5.73. The molecular weight excluding hydrogens is 330 g/mol. The van der Waals surface area contributed by atoms with Crippen molar-refractivity contribution in [3.63, 3.8) is 0 Å². The molecule has 1 fully saturated rings. The largest absolute Gasteiger partial charge is 0.481 e. The predicted molar refractivity (Wildman–Crippen MR) is 86.5 cm³/mol. The van der Waals surface area contributed by atoms with E-state index in [0.717, 1.165) is 43.2 Å². The summed E-state index contributed by atoms with van der Waals surface area (Å²) in [6.07, 6.45) is 4.96. The number of nitrogens with zero attached hydrogens (tertiary/aromatic N) is 1. The fourth-order valence-corrected chi connectivity index (χ4v) is 4.02. The first-order valence-corrected chi connectivity index (χ1v) is 8.52. The normalized spacial score (nSPS) is 25.3. The maximum atomic E-state index is 11.3. The van der Waals surface area contributed by atoms with E-state index >= 15 is 0 Å². The lowest BCUT2D eigenvalue weighted by molar-refractivity contribution is -0.151. The highest BCUT2D eigenvalue weighted by Gasteiger charge is 2.38. The summed E-state index contributed by atoms with van der Waals surface area (Å²) in [4.78, 5) is 13.8. The zero-order valence-corrected chi connectivity index (χ0v) is 14.0. The molecule has 0 aromatic heterocycles. The third-order valence-corrected chi connectivity index (χ3v) is 5.80. The van der Waals surface area contributed by atoms with E-state index in [2.05, 4.69) is 39.0 Å². The van der Waals surface area contributed by atoms with Crippen molar-refractivity contribution in [2.24, 2.45) is 5.41 Å². The second-order valence-electron chi connectivity index (χ2n) is 6.71. The number of likely N-dealkylation sites (tertiary alicyclic amines) is 1. The minimum atomic E-state index is -0.638. The third-order valence-electron chi connectivity index (χ3n) is 5.31. The Morgan fingerprint density at radius 2 is 2.05 bits per heavy atom. The van der Waals surface area contributed by atoms with Gasteiger partial charge in [-0.3, -0.25) is 9.69 Å². The first-order chi connectivity index (χ1) is 9.98. The SMILES string of the molecule is CC1(C(=O)O)CCN(C2CCc3cc(Br)ccc3C2)CC1. The van der Waals surface area contributed by atoms with Gasteiger partial charge < -0.3 is 5.11 Å². The van der Waals surface area contributed by atoms with Crippen LogP contribution in [0.4, 0.5) is 0 Å². The van der Waals surface area contributed by atoms with Gasteiger partial charge in [0.05, 0.1) is 5.41 Å². The van der Waals surface area contributed by atoms with Crippen molar-refractivity contribution in [3.05, 3.63) is 33.8 Å². The number of carboxylic acid groups (broad SMARTS) is 1. The summed E-state index contributed by atoms with van der Waals surface area (Å²) >= 11 is 3.54. The molecule has 1 aromatic rings. The number of rotatable bonds is 2. The van der Waals surface area contributed by atoms with E-state index in [1.807, 2.05) is 6.92 Å². The van der Waals surface area contributed by atoms with Crippen LogP contribution >= 0.6 is 15.9 Å². The first-order valence-electron chi connectivity index (χ1n) is 7.73. The molecule has 0 radical (unpaired) electrons. The van der Waals surface area contributed by atoms with Gasteiger partial charge in [-0.15, -0.1) is 0 Å². The van der Waals surface area contributed by atoms with Gasteiger partial charge in [0.2, 0.25) is 0 Å². The zero-order valence-electron chi connectivity index (χ0n) is 12.4. The molecule has 0 saturated carbocycles. The van der Waals surface area contributed by atoms with E-state index in [4.69, 9.17) is 0 Å². The topological polar surface area (TPSA) is 40.5 Å². The molecule has 1 aliphatic carbocycles. The van der Waals surface area contributed by atoms with Crippen LogP contribution in [0.2, 0.25) is 0 Å². The lowest BCUT2D eigenvalue weighted by Gasteiger charge is -2.42. The number of hydrogen-bond acceptors (Lipinski definition) is 2. The number of carboxylic acids is 1. The van der Waals surface area contributed by atoms with Crippen LogP contribution < -0.4 is 0 Å². The number of piperidine rings is 1. The Kier molecular flexibility index (Phi) is 4.10. The van der Waals surface area contributed by atoms with E-state index in [0.29, 0.717) is 6.04 Å². The molecule has 114 valence electrons. The van der Waals surface area contributed by atoms with E-state index in [1.54, 1.807) is 0 Å². The standard InChI is InChI=1S/C17H22BrNO2/c1-17(16(20)21)6-8-19(9-7-17)15-5-3-12-10-14(18)4-2-13(12)11-15/h2,4,10,15H,3,5-9,11H2,1H3,(H,20,21). The van der Waals surface area contributed by atoms with Gasteiger partial charge in [-0.1, -0.05) is 22.0 Å². The molecule has 0 spiro atoms. The Labute approximate surface area is 134 Å². The monoisotopic (exact) mass is 351 g/mol. The molecule has 1 saturated heterocycles. The lowest BCUT2D eigenvalue weighted by Crippen LogP contribution is -2.48. The Hall–Kier alpha value is -0.870. The number of carbonyl (C=O) groups is 1. The van der Waals surface area contributed by atoms with Crippen LogP contribution in [0, 0.1) is 5.41 Å². The zero-order chi connectivity index (χ0) is 15.0. The molecule has 2 aliphatic rings. The van der Waals surface area contributed by atoms with Crippen molar-refractivity contribution < 1.29 is 9.90 Å². The van der Waals surface area contributed by atoms with Crippen molar-refractivity contribution in [1.29, 1.82) is 0 Å². The summed E-state index contributed by atoms with van der Waals surface area (Å²) in [7, 11) is 0. The first kappa shape index (κ1) is 15.0. The van der Waals surface area contributed by atoms with Gasteiger partial charge in [0.15, 0.2) is 0 Å². The fraction of sp³-hybridized carbons (Fsp3) is 0.588.